The SMILES string of the molecule is COc1ccc2nc(-n3nc(C)cc3Nc3cc(-c4ccccc4)nc(C)n3)sc2c1. The van der Waals surface area contributed by atoms with E-state index in [4.69, 9.17) is 9.72 Å². The average Bonchev–Trinajstić information content (AvgIpc) is 3.36. The second-order valence-electron chi connectivity index (χ2n) is 7.09. The van der Waals surface area contributed by atoms with Gasteiger partial charge in [0.1, 0.15) is 23.2 Å². The second kappa shape index (κ2) is 7.81. The van der Waals surface area contributed by atoms with Crippen LogP contribution in [0.25, 0.3) is 26.6 Å². The van der Waals surface area contributed by atoms with Gasteiger partial charge >= 0.3 is 0 Å². The normalized spacial score (nSPS) is 11.1. The van der Waals surface area contributed by atoms with Gasteiger partial charge in [-0.1, -0.05) is 41.7 Å². The van der Waals surface area contributed by atoms with Crippen molar-refractivity contribution in [3.05, 3.63) is 72.2 Å². The van der Waals surface area contributed by atoms with Crippen molar-refractivity contribution < 1.29 is 4.74 Å². The molecule has 0 saturated carbocycles. The summed E-state index contributed by atoms with van der Waals surface area (Å²) in [5, 5.41) is 8.82. The van der Waals surface area contributed by atoms with E-state index in [0.29, 0.717) is 11.6 Å². The molecule has 7 nitrogen and oxygen atoms in total. The van der Waals surface area contributed by atoms with Gasteiger partial charge in [0.05, 0.1) is 28.7 Å². The number of aryl methyl sites for hydroxylation is 2. The molecule has 0 aliphatic heterocycles. The predicted molar refractivity (Wildman–Crippen MR) is 124 cm³/mol. The highest BCUT2D eigenvalue weighted by molar-refractivity contribution is 7.20. The minimum Gasteiger partial charge on any atom is -0.497 e. The Morgan fingerprint density at radius 1 is 0.935 bits per heavy atom. The van der Waals surface area contributed by atoms with Crippen LogP contribution in [0.2, 0.25) is 0 Å². The third-order valence-corrected chi connectivity index (χ3v) is 5.75. The fourth-order valence-electron chi connectivity index (χ4n) is 3.36. The molecule has 1 N–H and O–H groups in total. The van der Waals surface area contributed by atoms with Crippen LogP contribution < -0.4 is 10.1 Å². The molecule has 0 radical (unpaired) electrons. The number of rotatable bonds is 5. The highest BCUT2D eigenvalue weighted by atomic mass is 32.1. The number of fused-ring (bicyclic) bond motifs is 1. The summed E-state index contributed by atoms with van der Waals surface area (Å²) >= 11 is 1.56. The van der Waals surface area contributed by atoms with Crippen molar-refractivity contribution in [2.75, 3.05) is 12.4 Å². The van der Waals surface area contributed by atoms with Gasteiger partial charge in [-0.15, -0.1) is 0 Å². The first kappa shape index (κ1) is 19.2. The van der Waals surface area contributed by atoms with E-state index in [0.717, 1.165) is 43.9 Å². The standard InChI is InChI=1S/C23H20N6OS/c1-14-11-22(27-21-13-19(24-15(2)25-21)16-7-5-4-6-8-16)29(28-14)23-26-18-10-9-17(30-3)12-20(18)31-23/h4-13H,1-3H3,(H,24,25,27). The molecule has 31 heavy (non-hydrogen) atoms. The molecule has 2 aromatic carbocycles. The summed E-state index contributed by atoms with van der Waals surface area (Å²) in [4.78, 5) is 13.9. The number of hydrogen-bond acceptors (Lipinski definition) is 7. The first-order valence-corrected chi connectivity index (χ1v) is 10.6. The molecule has 0 saturated heterocycles. The molecule has 5 aromatic rings. The third kappa shape index (κ3) is 3.85. The Hall–Kier alpha value is -3.78. The topological polar surface area (TPSA) is 77.8 Å². The molecule has 3 aromatic heterocycles. The Morgan fingerprint density at radius 2 is 1.77 bits per heavy atom. The number of hydrogen-bond donors (Lipinski definition) is 1. The van der Waals surface area contributed by atoms with Crippen molar-refractivity contribution in [2.45, 2.75) is 13.8 Å². The summed E-state index contributed by atoms with van der Waals surface area (Å²) in [5.41, 5.74) is 3.70. The number of methoxy groups -OCH3 is 1. The lowest BCUT2D eigenvalue weighted by molar-refractivity contribution is 0.415. The monoisotopic (exact) mass is 428 g/mol. The summed E-state index contributed by atoms with van der Waals surface area (Å²) in [6, 6.07) is 19.8. The smallest absolute Gasteiger partial charge is 0.213 e. The van der Waals surface area contributed by atoms with E-state index in [9.17, 15) is 0 Å². The first-order chi connectivity index (χ1) is 15.1. The number of ether oxygens (including phenoxy) is 1. The average molecular weight is 429 g/mol. The summed E-state index contributed by atoms with van der Waals surface area (Å²) in [5.74, 6) is 3.00. The predicted octanol–water partition coefficient (Wildman–Crippen LogP) is 5.31. The van der Waals surface area contributed by atoms with E-state index in [1.54, 1.807) is 18.4 Å². The third-order valence-electron chi connectivity index (χ3n) is 4.76. The zero-order chi connectivity index (χ0) is 21.4. The van der Waals surface area contributed by atoms with Crippen LogP contribution in [0.15, 0.2) is 60.7 Å². The molecule has 0 aliphatic carbocycles. The van der Waals surface area contributed by atoms with Crippen LogP contribution in [-0.2, 0) is 0 Å². The lowest BCUT2D eigenvalue weighted by Crippen LogP contribution is -2.04. The van der Waals surface area contributed by atoms with E-state index in [2.05, 4.69) is 20.4 Å². The van der Waals surface area contributed by atoms with Gasteiger partial charge in [0, 0.05) is 17.7 Å². The highest BCUT2D eigenvalue weighted by Gasteiger charge is 2.14. The molecule has 0 aliphatic rings. The van der Waals surface area contributed by atoms with E-state index in [1.807, 2.05) is 79.2 Å². The highest BCUT2D eigenvalue weighted by Crippen LogP contribution is 2.31. The van der Waals surface area contributed by atoms with Crippen molar-refractivity contribution in [2.24, 2.45) is 0 Å². The molecule has 0 unspecified atom stereocenters. The number of thiazole rings is 1. The summed E-state index contributed by atoms with van der Waals surface area (Å²) in [6.45, 7) is 3.85. The molecule has 0 atom stereocenters. The lowest BCUT2D eigenvalue weighted by Gasteiger charge is -2.09. The maximum Gasteiger partial charge on any atom is 0.213 e. The number of anilines is 2. The lowest BCUT2D eigenvalue weighted by atomic mass is 10.1. The quantitative estimate of drug-likeness (QED) is 0.409. The fourth-order valence-corrected chi connectivity index (χ4v) is 4.32. The van der Waals surface area contributed by atoms with Crippen molar-refractivity contribution in [3.8, 4) is 22.1 Å². The van der Waals surface area contributed by atoms with Crippen molar-refractivity contribution in [1.82, 2.24) is 24.7 Å². The molecule has 0 amide bonds. The van der Waals surface area contributed by atoms with Crippen LogP contribution in [0, 0.1) is 13.8 Å². The van der Waals surface area contributed by atoms with Crippen molar-refractivity contribution in [1.29, 1.82) is 0 Å². The van der Waals surface area contributed by atoms with Gasteiger partial charge in [0.2, 0.25) is 5.13 Å². The van der Waals surface area contributed by atoms with Crippen LogP contribution in [0.5, 0.6) is 5.75 Å². The van der Waals surface area contributed by atoms with Crippen LogP contribution >= 0.6 is 11.3 Å². The number of benzene rings is 2. The number of nitrogens with zero attached hydrogens (tertiary/aromatic N) is 5. The maximum atomic E-state index is 5.33. The van der Waals surface area contributed by atoms with Crippen molar-refractivity contribution in [3.63, 3.8) is 0 Å². The largest absolute Gasteiger partial charge is 0.497 e. The molecule has 5 rings (SSSR count). The van der Waals surface area contributed by atoms with Crippen LogP contribution in [0.3, 0.4) is 0 Å². The van der Waals surface area contributed by atoms with Crippen LogP contribution in [0.1, 0.15) is 11.5 Å². The van der Waals surface area contributed by atoms with Gasteiger partial charge < -0.3 is 10.1 Å². The fraction of sp³-hybridized carbons (Fsp3) is 0.130. The summed E-state index contributed by atoms with van der Waals surface area (Å²) < 4.78 is 8.18. The Morgan fingerprint density at radius 3 is 2.58 bits per heavy atom. The van der Waals surface area contributed by atoms with E-state index >= 15 is 0 Å². The van der Waals surface area contributed by atoms with E-state index in [1.165, 1.54) is 0 Å². The second-order valence-corrected chi connectivity index (χ2v) is 8.10. The van der Waals surface area contributed by atoms with E-state index < -0.39 is 0 Å². The van der Waals surface area contributed by atoms with Crippen LogP contribution in [0.4, 0.5) is 11.6 Å². The maximum absolute atomic E-state index is 5.33. The van der Waals surface area contributed by atoms with Gasteiger partial charge in [-0.05, 0) is 32.0 Å². The zero-order valence-electron chi connectivity index (χ0n) is 17.3. The molecule has 0 spiro atoms. The summed E-state index contributed by atoms with van der Waals surface area (Å²) in [6.07, 6.45) is 0. The Labute approximate surface area is 183 Å². The Bertz CT molecular complexity index is 1380. The molecular formula is C23H20N6OS. The zero-order valence-corrected chi connectivity index (χ0v) is 18.1. The van der Waals surface area contributed by atoms with Gasteiger partial charge in [0.25, 0.3) is 0 Å². The molecule has 3 heterocycles. The van der Waals surface area contributed by atoms with Gasteiger partial charge in [-0.2, -0.15) is 9.78 Å². The summed E-state index contributed by atoms with van der Waals surface area (Å²) in [7, 11) is 1.66. The van der Waals surface area contributed by atoms with Gasteiger partial charge in [0.15, 0.2) is 0 Å². The molecule has 8 heteroatoms. The number of nitrogens with one attached hydrogen (secondary N) is 1. The number of aromatic nitrogens is 5. The van der Waals surface area contributed by atoms with Crippen molar-refractivity contribution >= 4 is 33.2 Å². The minimum atomic E-state index is 0.693. The Kier molecular flexibility index (Phi) is 4.83. The van der Waals surface area contributed by atoms with E-state index in [-0.39, 0.29) is 0 Å². The van der Waals surface area contributed by atoms with Gasteiger partial charge in [-0.3, -0.25) is 0 Å². The Balaban J connectivity index is 1.53. The molecule has 0 fully saturated rings. The molecular weight excluding hydrogens is 408 g/mol. The van der Waals surface area contributed by atoms with Crippen LogP contribution in [-0.4, -0.2) is 31.8 Å². The molecule has 154 valence electrons. The first-order valence-electron chi connectivity index (χ1n) is 9.79. The molecule has 0 bridgehead atoms. The minimum absolute atomic E-state index is 0.693. The van der Waals surface area contributed by atoms with Gasteiger partial charge in [-0.25, -0.2) is 15.0 Å².